The second-order valence-corrected chi connectivity index (χ2v) is 6.39. The zero-order valence-corrected chi connectivity index (χ0v) is 14.7. The quantitative estimate of drug-likeness (QED) is 0.858. The largest absolute Gasteiger partial charge is 0.358 e. The second-order valence-electron chi connectivity index (χ2n) is 6.39. The summed E-state index contributed by atoms with van der Waals surface area (Å²) in [6, 6.07) is 1.93. The van der Waals surface area contributed by atoms with Gasteiger partial charge in [-0.3, -0.25) is 19.2 Å². The van der Waals surface area contributed by atoms with Crippen LogP contribution in [0.15, 0.2) is 6.07 Å². The highest BCUT2D eigenvalue weighted by molar-refractivity contribution is 5.83. The van der Waals surface area contributed by atoms with Crippen LogP contribution < -0.4 is 5.32 Å². The molecule has 1 aromatic rings. The van der Waals surface area contributed by atoms with Crippen LogP contribution in [0, 0.1) is 13.8 Å². The fourth-order valence-electron chi connectivity index (χ4n) is 3.10. The Kier molecular flexibility index (Phi) is 5.41. The molecule has 0 aromatic carbocycles. The van der Waals surface area contributed by atoms with Crippen LogP contribution in [0.5, 0.6) is 0 Å². The Morgan fingerprint density at radius 1 is 1.35 bits per heavy atom. The number of nitrogens with one attached hydrogen (secondary N) is 1. The molecule has 1 N–H and O–H groups in total. The van der Waals surface area contributed by atoms with Crippen LogP contribution in [0.2, 0.25) is 0 Å². The number of hydrogen-bond acceptors (Lipinski definition) is 4. The Labute approximate surface area is 137 Å². The van der Waals surface area contributed by atoms with Crippen LogP contribution in [0.1, 0.15) is 25.2 Å². The zero-order chi connectivity index (χ0) is 17.1. The van der Waals surface area contributed by atoms with Gasteiger partial charge in [0.2, 0.25) is 11.8 Å². The lowest BCUT2D eigenvalue weighted by Gasteiger charge is -2.42. The molecule has 1 aromatic heterocycles. The van der Waals surface area contributed by atoms with E-state index in [1.54, 1.807) is 16.6 Å². The summed E-state index contributed by atoms with van der Waals surface area (Å²) in [6.45, 7) is 10.0. The Balaban J connectivity index is 2.07. The van der Waals surface area contributed by atoms with E-state index < -0.39 is 0 Å². The van der Waals surface area contributed by atoms with Crippen molar-refractivity contribution in [2.45, 2.75) is 46.3 Å². The number of aromatic nitrogens is 2. The summed E-state index contributed by atoms with van der Waals surface area (Å²) in [6.07, 6.45) is 0. The summed E-state index contributed by atoms with van der Waals surface area (Å²) >= 11 is 0. The lowest BCUT2D eigenvalue weighted by atomic mass is 10.1. The molecule has 0 radical (unpaired) electrons. The van der Waals surface area contributed by atoms with E-state index in [1.807, 2.05) is 19.9 Å². The van der Waals surface area contributed by atoms with Crippen molar-refractivity contribution in [2.75, 3.05) is 26.7 Å². The monoisotopic (exact) mass is 321 g/mol. The molecular weight excluding hydrogens is 294 g/mol. The molecule has 1 atom stereocenters. The highest BCUT2D eigenvalue weighted by Gasteiger charge is 2.35. The van der Waals surface area contributed by atoms with Gasteiger partial charge in [0.15, 0.2) is 0 Å². The number of amides is 2. The molecule has 1 saturated heterocycles. The van der Waals surface area contributed by atoms with Crippen LogP contribution in [-0.4, -0.2) is 70.2 Å². The predicted octanol–water partition coefficient (Wildman–Crippen LogP) is 0.167. The van der Waals surface area contributed by atoms with Crippen molar-refractivity contribution in [1.82, 2.24) is 24.9 Å². The van der Waals surface area contributed by atoms with Crippen LogP contribution in [0.4, 0.5) is 0 Å². The first kappa shape index (κ1) is 17.5. The minimum atomic E-state index is -0.293. The highest BCUT2D eigenvalue weighted by Crippen LogP contribution is 2.14. The van der Waals surface area contributed by atoms with Crippen molar-refractivity contribution >= 4 is 11.8 Å². The molecule has 0 unspecified atom stereocenters. The summed E-state index contributed by atoms with van der Waals surface area (Å²) in [7, 11) is 1.64. The van der Waals surface area contributed by atoms with Crippen molar-refractivity contribution in [3.63, 3.8) is 0 Å². The molecule has 2 rings (SSSR count). The summed E-state index contributed by atoms with van der Waals surface area (Å²) in [4.78, 5) is 28.7. The number of nitrogens with zero attached hydrogens (tertiary/aromatic N) is 4. The summed E-state index contributed by atoms with van der Waals surface area (Å²) in [5.41, 5.74) is 1.88. The van der Waals surface area contributed by atoms with E-state index in [2.05, 4.69) is 29.2 Å². The van der Waals surface area contributed by atoms with E-state index in [4.69, 9.17) is 0 Å². The van der Waals surface area contributed by atoms with Gasteiger partial charge in [0, 0.05) is 38.4 Å². The molecule has 0 spiro atoms. The Hall–Kier alpha value is -1.89. The third-order valence-corrected chi connectivity index (χ3v) is 4.38. The maximum Gasteiger partial charge on any atom is 0.244 e. The molecule has 1 aliphatic heterocycles. The zero-order valence-electron chi connectivity index (χ0n) is 14.7. The Morgan fingerprint density at radius 2 is 2.04 bits per heavy atom. The Bertz CT molecular complexity index is 581. The van der Waals surface area contributed by atoms with Gasteiger partial charge in [-0.05, 0) is 33.8 Å². The van der Waals surface area contributed by atoms with Gasteiger partial charge in [-0.1, -0.05) is 0 Å². The summed E-state index contributed by atoms with van der Waals surface area (Å²) in [5.74, 6) is -0.0316. The second kappa shape index (κ2) is 7.12. The molecule has 7 nitrogen and oxygen atoms in total. The number of hydrogen-bond donors (Lipinski definition) is 1. The number of carbonyl (C=O) groups excluding carboxylic acids is 2. The van der Waals surface area contributed by atoms with E-state index in [1.165, 1.54) is 0 Å². The molecule has 1 fully saturated rings. The first-order chi connectivity index (χ1) is 10.8. The van der Waals surface area contributed by atoms with Crippen molar-refractivity contribution in [3.8, 4) is 0 Å². The van der Waals surface area contributed by atoms with E-state index in [0.717, 1.165) is 11.4 Å². The van der Waals surface area contributed by atoms with Crippen LogP contribution in [0.25, 0.3) is 0 Å². The Morgan fingerprint density at radius 3 is 2.57 bits per heavy atom. The summed E-state index contributed by atoms with van der Waals surface area (Å²) < 4.78 is 1.72. The van der Waals surface area contributed by atoms with Crippen LogP contribution in [0.3, 0.4) is 0 Å². The maximum absolute atomic E-state index is 12.6. The molecular formula is C16H27N5O2. The lowest BCUT2D eigenvalue weighted by molar-refractivity contribution is -0.139. The fourth-order valence-corrected chi connectivity index (χ4v) is 3.10. The fraction of sp³-hybridized carbons (Fsp3) is 0.688. The summed E-state index contributed by atoms with van der Waals surface area (Å²) in [5, 5.41) is 7.04. The smallest absolute Gasteiger partial charge is 0.244 e. The van der Waals surface area contributed by atoms with Gasteiger partial charge in [0.25, 0.3) is 0 Å². The van der Waals surface area contributed by atoms with Gasteiger partial charge in [-0.25, -0.2) is 0 Å². The average molecular weight is 321 g/mol. The van der Waals surface area contributed by atoms with E-state index >= 15 is 0 Å². The number of aryl methyl sites for hydroxylation is 2. The molecule has 2 heterocycles. The normalized spacial score (nSPS) is 19.2. The van der Waals surface area contributed by atoms with Gasteiger partial charge in [-0.15, -0.1) is 0 Å². The average Bonchev–Trinajstić information content (AvgIpc) is 2.83. The maximum atomic E-state index is 12.6. The first-order valence-electron chi connectivity index (χ1n) is 8.09. The standard InChI is InChI=1S/C16H27N5O2/c1-11(2)20-7-6-19(9-14(20)16(23)17-5)15(22)10-21-13(4)8-12(3)18-21/h8,11,14H,6-7,9-10H2,1-5H3,(H,17,23)/t14-/m1/s1. The SMILES string of the molecule is CNC(=O)[C@H]1CN(C(=O)Cn2nc(C)cc2C)CCN1C(C)C. The van der Waals surface area contributed by atoms with Gasteiger partial charge in [-0.2, -0.15) is 5.10 Å². The number of likely N-dealkylation sites (N-methyl/N-ethyl adjacent to an activating group) is 1. The van der Waals surface area contributed by atoms with Crippen molar-refractivity contribution < 1.29 is 9.59 Å². The van der Waals surface area contributed by atoms with Gasteiger partial charge in [0.05, 0.1) is 5.69 Å². The lowest BCUT2D eigenvalue weighted by Crippen LogP contribution is -2.61. The topological polar surface area (TPSA) is 70.5 Å². The third-order valence-electron chi connectivity index (χ3n) is 4.38. The van der Waals surface area contributed by atoms with Crippen molar-refractivity contribution in [1.29, 1.82) is 0 Å². The predicted molar refractivity (Wildman–Crippen MR) is 88.0 cm³/mol. The highest BCUT2D eigenvalue weighted by atomic mass is 16.2. The molecule has 0 saturated carbocycles. The van der Waals surface area contributed by atoms with E-state index in [9.17, 15) is 9.59 Å². The first-order valence-corrected chi connectivity index (χ1v) is 8.09. The van der Waals surface area contributed by atoms with Crippen molar-refractivity contribution in [3.05, 3.63) is 17.5 Å². The van der Waals surface area contributed by atoms with E-state index in [0.29, 0.717) is 19.6 Å². The van der Waals surface area contributed by atoms with E-state index in [-0.39, 0.29) is 30.4 Å². The third kappa shape index (κ3) is 3.90. The molecule has 128 valence electrons. The molecule has 1 aliphatic rings. The number of carbonyl (C=O) groups is 2. The van der Waals surface area contributed by atoms with Gasteiger partial charge >= 0.3 is 0 Å². The molecule has 0 aliphatic carbocycles. The molecule has 2 amide bonds. The van der Waals surface area contributed by atoms with Crippen LogP contribution >= 0.6 is 0 Å². The van der Waals surface area contributed by atoms with Gasteiger partial charge in [0.1, 0.15) is 12.6 Å². The molecule has 7 heteroatoms. The number of rotatable bonds is 4. The number of piperazine rings is 1. The van der Waals surface area contributed by atoms with Gasteiger partial charge < -0.3 is 10.2 Å². The van der Waals surface area contributed by atoms with Crippen molar-refractivity contribution in [2.24, 2.45) is 0 Å². The minimum Gasteiger partial charge on any atom is -0.358 e. The van der Waals surface area contributed by atoms with Crippen LogP contribution in [-0.2, 0) is 16.1 Å². The molecule has 23 heavy (non-hydrogen) atoms. The minimum absolute atomic E-state index is 0.00788. The molecule has 0 bridgehead atoms.